The number of aryl methyl sites for hydroxylation is 2. The standard InChI is InChI=1S/C19H17ClN2O2S/c1-12-7-8-14(10-17(12)20)21-19(23)16-5-3-4-6-18(16)25-11-15-9-13(2)22-24-15/h3-10H,11H2,1-2H3,(H,21,23). The van der Waals surface area contributed by atoms with Crippen LogP contribution in [-0.4, -0.2) is 11.1 Å². The number of thioether (sulfide) groups is 1. The lowest BCUT2D eigenvalue weighted by Crippen LogP contribution is -2.13. The molecule has 0 saturated heterocycles. The van der Waals surface area contributed by atoms with Crippen LogP contribution < -0.4 is 5.32 Å². The lowest BCUT2D eigenvalue weighted by Gasteiger charge is -2.10. The van der Waals surface area contributed by atoms with Crippen molar-refractivity contribution in [1.82, 2.24) is 5.16 Å². The summed E-state index contributed by atoms with van der Waals surface area (Å²) in [6, 6.07) is 14.8. The van der Waals surface area contributed by atoms with Crippen LogP contribution in [0.15, 0.2) is 57.9 Å². The van der Waals surface area contributed by atoms with E-state index in [1.165, 1.54) is 11.8 Å². The Kier molecular flexibility index (Phi) is 5.46. The first-order valence-corrected chi connectivity index (χ1v) is 9.11. The lowest BCUT2D eigenvalue weighted by atomic mass is 10.2. The monoisotopic (exact) mass is 372 g/mol. The van der Waals surface area contributed by atoms with Gasteiger partial charge in [0.05, 0.1) is 17.0 Å². The number of rotatable bonds is 5. The van der Waals surface area contributed by atoms with Crippen molar-refractivity contribution in [3.8, 4) is 0 Å². The molecule has 1 aromatic heterocycles. The van der Waals surface area contributed by atoms with Gasteiger partial charge in [0.15, 0.2) is 0 Å². The van der Waals surface area contributed by atoms with Crippen molar-refractivity contribution in [2.75, 3.05) is 5.32 Å². The van der Waals surface area contributed by atoms with Crippen LogP contribution in [0.1, 0.15) is 27.4 Å². The van der Waals surface area contributed by atoms with Gasteiger partial charge in [-0.3, -0.25) is 4.79 Å². The van der Waals surface area contributed by atoms with Gasteiger partial charge < -0.3 is 9.84 Å². The average molecular weight is 373 g/mol. The highest BCUT2D eigenvalue weighted by Crippen LogP contribution is 2.28. The molecule has 3 rings (SSSR count). The molecule has 1 amide bonds. The molecular formula is C19H17ClN2O2S. The lowest BCUT2D eigenvalue weighted by molar-refractivity contribution is 0.102. The third kappa shape index (κ3) is 4.44. The molecule has 128 valence electrons. The molecule has 0 atom stereocenters. The van der Waals surface area contributed by atoms with E-state index in [9.17, 15) is 4.79 Å². The van der Waals surface area contributed by atoms with E-state index in [2.05, 4.69) is 10.5 Å². The molecule has 0 aliphatic rings. The summed E-state index contributed by atoms with van der Waals surface area (Å²) in [7, 11) is 0. The van der Waals surface area contributed by atoms with Crippen molar-refractivity contribution in [3.63, 3.8) is 0 Å². The van der Waals surface area contributed by atoms with Crippen LogP contribution in [0.3, 0.4) is 0 Å². The summed E-state index contributed by atoms with van der Waals surface area (Å²) < 4.78 is 5.22. The summed E-state index contributed by atoms with van der Waals surface area (Å²) >= 11 is 7.66. The maximum absolute atomic E-state index is 12.6. The summed E-state index contributed by atoms with van der Waals surface area (Å²) in [6.45, 7) is 3.80. The Bertz CT molecular complexity index is 908. The van der Waals surface area contributed by atoms with E-state index in [1.807, 2.05) is 50.2 Å². The Morgan fingerprint density at radius 1 is 1.20 bits per heavy atom. The van der Waals surface area contributed by atoms with Crippen LogP contribution in [0, 0.1) is 13.8 Å². The number of hydrogen-bond acceptors (Lipinski definition) is 4. The van der Waals surface area contributed by atoms with Gasteiger partial charge in [0.25, 0.3) is 5.91 Å². The first kappa shape index (κ1) is 17.6. The summed E-state index contributed by atoms with van der Waals surface area (Å²) in [5.41, 5.74) is 3.10. The van der Waals surface area contributed by atoms with Gasteiger partial charge in [-0.15, -0.1) is 11.8 Å². The van der Waals surface area contributed by atoms with Crippen molar-refractivity contribution < 1.29 is 9.32 Å². The number of amides is 1. The summed E-state index contributed by atoms with van der Waals surface area (Å²) in [5, 5.41) is 7.40. The van der Waals surface area contributed by atoms with Crippen LogP contribution in [0.25, 0.3) is 0 Å². The Morgan fingerprint density at radius 3 is 2.72 bits per heavy atom. The zero-order valence-electron chi connectivity index (χ0n) is 13.9. The number of carbonyl (C=O) groups is 1. The van der Waals surface area contributed by atoms with Crippen molar-refractivity contribution in [2.45, 2.75) is 24.5 Å². The number of benzene rings is 2. The highest BCUT2D eigenvalue weighted by Gasteiger charge is 2.13. The first-order valence-electron chi connectivity index (χ1n) is 7.74. The van der Waals surface area contributed by atoms with E-state index in [1.54, 1.807) is 12.1 Å². The topological polar surface area (TPSA) is 55.1 Å². The molecule has 1 heterocycles. The normalized spacial score (nSPS) is 10.7. The maximum Gasteiger partial charge on any atom is 0.256 e. The second kappa shape index (κ2) is 7.76. The molecule has 3 aromatic rings. The molecule has 0 aliphatic carbocycles. The van der Waals surface area contributed by atoms with E-state index in [-0.39, 0.29) is 5.91 Å². The SMILES string of the molecule is Cc1cc(CSc2ccccc2C(=O)Nc2ccc(C)c(Cl)c2)on1. The Balaban J connectivity index is 1.74. The van der Waals surface area contributed by atoms with E-state index in [4.69, 9.17) is 16.1 Å². The second-order valence-electron chi connectivity index (χ2n) is 5.64. The van der Waals surface area contributed by atoms with Crippen molar-refractivity contribution >= 4 is 35.0 Å². The minimum absolute atomic E-state index is 0.170. The summed E-state index contributed by atoms with van der Waals surface area (Å²) in [5.74, 6) is 1.22. The molecule has 2 aromatic carbocycles. The predicted octanol–water partition coefficient (Wildman–Crippen LogP) is 5.49. The molecule has 0 radical (unpaired) electrons. The Labute approximate surface area is 155 Å². The fraction of sp³-hybridized carbons (Fsp3) is 0.158. The smallest absolute Gasteiger partial charge is 0.256 e. The highest BCUT2D eigenvalue weighted by molar-refractivity contribution is 7.98. The third-order valence-corrected chi connectivity index (χ3v) is 5.11. The van der Waals surface area contributed by atoms with E-state index < -0.39 is 0 Å². The predicted molar refractivity (Wildman–Crippen MR) is 101 cm³/mol. The minimum Gasteiger partial charge on any atom is -0.360 e. The van der Waals surface area contributed by atoms with Crippen LogP contribution in [0.2, 0.25) is 5.02 Å². The molecule has 6 heteroatoms. The van der Waals surface area contributed by atoms with Crippen LogP contribution in [0.4, 0.5) is 5.69 Å². The number of aromatic nitrogens is 1. The quantitative estimate of drug-likeness (QED) is 0.601. The van der Waals surface area contributed by atoms with Gasteiger partial charge in [-0.2, -0.15) is 0 Å². The number of nitrogens with zero attached hydrogens (tertiary/aromatic N) is 1. The van der Waals surface area contributed by atoms with Gasteiger partial charge in [0.1, 0.15) is 5.76 Å². The van der Waals surface area contributed by atoms with E-state index >= 15 is 0 Å². The number of hydrogen-bond donors (Lipinski definition) is 1. The molecule has 0 spiro atoms. The van der Waals surface area contributed by atoms with E-state index in [0.717, 1.165) is 21.9 Å². The van der Waals surface area contributed by atoms with Crippen LogP contribution >= 0.6 is 23.4 Å². The number of anilines is 1. The summed E-state index contributed by atoms with van der Waals surface area (Å²) in [6.07, 6.45) is 0. The fourth-order valence-electron chi connectivity index (χ4n) is 2.28. The number of carbonyl (C=O) groups excluding carboxylic acids is 1. The zero-order valence-corrected chi connectivity index (χ0v) is 15.4. The largest absolute Gasteiger partial charge is 0.360 e. The molecular weight excluding hydrogens is 356 g/mol. The molecule has 0 aliphatic heterocycles. The molecule has 0 saturated carbocycles. The van der Waals surface area contributed by atoms with Gasteiger partial charge in [-0.25, -0.2) is 0 Å². The molecule has 4 nitrogen and oxygen atoms in total. The number of halogens is 1. The van der Waals surface area contributed by atoms with Gasteiger partial charge >= 0.3 is 0 Å². The fourth-order valence-corrected chi connectivity index (χ4v) is 3.39. The average Bonchev–Trinajstić information content (AvgIpc) is 3.02. The minimum atomic E-state index is -0.170. The highest BCUT2D eigenvalue weighted by atomic mass is 35.5. The maximum atomic E-state index is 12.6. The number of nitrogens with one attached hydrogen (secondary N) is 1. The summed E-state index contributed by atoms with van der Waals surface area (Å²) in [4.78, 5) is 13.5. The molecule has 0 fully saturated rings. The molecule has 1 N–H and O–H groups in total. The van der Waals surface area contributed by atoms with Gasteiger partial charge in [0, 0.05) is 21.7 Å². The Hall–Kier alpha value is -2.24. The van der Waals surface area contributed by atoms with Gasteiger partial charge in [-0.1, -0.05) is 35.0 Å². The van der Waals surface area contributed by atoms with Gasteiger partial charge in [0.2, 0.25) is 0 Å². The van der Waals surface area contributed by atoms with Gasteiger partial charge in [-0.05, 0) is 43.7 Å². The van der Waals surface area contributed by atoms with Crippen molar-refractivity contribution in [1.29, 1.82) is 0 Å². The van der Waals surface area contributed by atoms with Crippen LogP contribution in [-0.2, 0) is 5.75 Å². The Morgan fingerprint density at radius 2 is 2.00 bits per heavy atom. The molecule has 0 bridgehead atoms. The van der Waals surface area contributed by atoms with E-state index in [0.29, 0.717) is 22.0 Å². The van der Waals surface area contributed by atoms with Crippen molar-refractivity contribution in [2.24, 2.45) is 0 Å². The second-order valence-corrected chi connectivity index (χ2v) is 7.06. The molecule has 25 heavy (non-hydrogen) atoms. The zero-order chi connectivity index (χ0) is 17.8. The van der Waals surface area contributed by atoms with Crippen molar-refractivity contribution in [3.05, 3.63) is 76.1 Å². The third-order valence-electron chi connectivity index (χ3n) is 3.61. The first-order chi connectivity index (χ1) is 12.0. The van der Waals surface area contributed by atoms with Crippen LogP contribution in [0.5, 0.6) is 0 Å². The molecule has 0 unspecified atom stereocenters.